The standard InChI is InChI=1S/C58H68N6O9/c1-13-16-17-18-19-20-21-22-23-24-25-26-27-28-29-30-31-72-73-38-47(59)58(12)37-46(34-55(8,9)41-58)64-51(68)62(44-32-53(4,5)39-56(10,35-44)42-60-48(65)70-14-2)50(67)63(52(64)69)45-33-54(6,7)40-57(11,36-45)43-61-49(66)71-15-3/h1,38,44-46H,14-15,32-37,39-43,59H2,2-12H3,(H,60,65)(H,61,66)/b47-38+. The van der Waals surface area contributed by atoms with E-state index in [-0.39, 0.29) is 43.6 Å². The van der Waals surface area contributed by atoms with Gasteiger partial charge in [-0.2, -0.15) is 0 Å². The first-order chi connectivity index (χ1) is 34.3. The van der Waals surface area contributed by atoms with E-state index in [0.29, 0.717) is 57.1 Å². The Balaban J connectivity index is 1.72. The van der Waals surface area contributed by atoms with Gasteiger partial charge in [-0.05, 0) is 146 Å². The molecular weight excluding hydrogens is 925 g/mol. The molecule has 1 heterocycles. The number of aromatic nitrogens is 3. The number of terminal acetylenes is 1. The lowest BCUT2D eigenvalue weighted by atomic mass is 9.61. The van der Waals surface area contributed by atoms with Gasteiger partial charge in [-0.25, -0.2) is 42.6 Å². The van der Waals surface area contributed by atoms with Crippen LogP contribution in [0.15, 0.2) is 26.3 Å². The molecule has 0 aromatic carbocycles. The number of carbonyl (C=O) groups excluding carboxylic acids is 2. The van der Waals surface area contributed by atoms with Crippen LogP contribution < -0.4 is 33.4 Å². The summed E-state index contributed by atoms with van der Waals surface area (Å²) in [6, 6.07) is -1.95. The summed E-state index contributed by atoms with van der Waals surface area (Å²) in [6.07, 6.45) is 11.8. The first kappa shape index (κ1) is 57.7. The van der Waals surface area contributed by atoms with Crippen LogP contribution >= 0.6 is 0 Å². The molecule has 3 aliphatic carbocycles. The number of allylic oxidation sites excluding steroid dienone is 1. The molecule has 4 N–H and O–H groups in total. The molecule has 15 nitrogen and oxygen atoms in total. The third-order valence-electron chi connectivity index (χ3n) is 13.3. The summed E-state index contributed by atoms with van der Waals surface area (Å²) in [6.45, 7) is 22.9. The molecule has 3 saturated carbocycles. The number of rotatable bonds is 12. The van der Waals surface area contributed by atoms with E-state index in [1.165, 1.54) is 20.0 Å². The Morgan fingerprint density at radius 2 is 0.904 bits per heavy atom. The second-order valence-electron chi connectivity index (χ2n) is 22.4. The molecule has 73 heavy (non-hydrogen) atoms. The Hall–Kier alpha value is -7.87. The van der Waals surface area contributed by atoms with Crippen molar-refractivity contribution in [2.45, 2.75) is 152 Å². The molecular formula is C58H68N6O9. The first-order valence-electron chi connectivity index (χ1n) is 24.4. The summed E-state index contributed by atoms with van der Waals surface area (Å²) in [5, 5.41) is 5.78. The molecule has 3 fully saturated rings. The van der Waals surface area contributed by atoms with Crippen LogP contribution in [0.3, 0.4) is 0 Å². The quantitative estimate of drug-likeness (QED) is 0.0706. The van der Waals surface area contributed by atoms with Gasteiger partial charge in [0.2, 0.25) is 0 Å². The van der Waals surface area contributed by atoms with Crippen molar-refractivity contribution in [1.29, 1.82) is 0 Å². The third kappa shape index (κ3) is 16.9. The first-order valence-corrected chi connectivity index (χ1v) is 24.4. The minimum Gasteiger partial charge on any atom is -0.450 e. The van der Waals surface area contributed by atoms with Crippen molar-refractivity contribution in [2.24, 2.45) is 38.2 Å². The Labute approximate surface area is 431 Å². The van der Waals surface area contributed by atoms with E-state index >= 15 is 14.4 Å². The fraction of sp³-hybridized carbons (Fsp3) is 0.569. The lowest BCUT2D eigenvalue weighted by Gasteiger charge is -2.49. The number of hydrogen-bond donors (Lipinski definition) is 3. The molecule has 0 aliphatic heterocycles. The predicted molar refractivity (Wildman–Crippen MR) is 279 cm³/mol. The van der Waals surface area contributed by atoms with Crippen LogP contribution in [-0.2, 0) is 19.2 Å². The predicted octanol–water partition coefficient (Wildman–Crippen LogP) is 6.30. The van der Waals surface area contributed by atoms with Crippen LogP contribution in [0.5, 0.6) is 0 Å². The van der Waals surface area contributed by atoms with Gasteiger partial charge in [0, 0.05) is 84.0 Å². The van der Waals surface area contributed by atoms with Crippen LogP contribution in [0.4, 0.5) is 9.59 Å². The number of alkyl carbamates (subject to hydrolysis) is 2. The fourth-order valence-electron chi connectivity index (χ4n) is 11.8. The molecule has 0 spiro atoms. The molecule has 6 atom stereocenters. The molecule has 0 saturated heterocycles. The monoisotopic (exact) mass is 993 g/mol. The van der Waals surface area contributed by atoms with E-state index in [4.69, 9.17) is 31.4 Å². The lowest BCUT2D eigenvalue weighted by Crippen LogP contribution is -2.60. The highest BCUT2D eigenvalue weighted by Crippen LogP contribution is 2.54. The normalized spacial score (nSPS) is 24.8. The maximum absolute atomic E-state index is 15.4. The van der Waals surface area contributed by atoms with Gasteiger partial charge in [-0.3, -0.25) is 4.89 Å². The lowest BCUT2D eigenvalue weighted by molar-refractivity contribution is -0.183. The van der Waals surface area contributed by atoms with Gasteiger partial charge in [0.15, 0.2) is 12.4 Å². The maximum Gasteiger partial charge on any atom is 0.407 e. The zero-order valence-corrected chi connectivity index (χ0v) is 44.2. The molecule has 0 radical (unpaired) electrons. The van der Waals surface area contributed by atoms with E-state index in [9.17, 15) is 9.59 Å². The van der Waals surface area contributed by atoms with Gasteiger partial charge in [-0.15, -0.1) is 6.42 Å². The van der Waals surface area contributed by atoms with Crippen LogP contribution in [0.1, 0.15) is 152 Å². The van der Waals surface area contributed by atoms with Crippen molar-refractivity contribution in [3.8, 4) is 107 Å². The molecule has 2 amide bonds. The Kier molecular flexibility index (Phi) is 19.8. The van der Waals surface area contributed by atoms with Gasteiger partial charge in [-0.1, -0.05) is 62.3 Å². The van der Waals surface area contributed by atoms with Crippen molar-refractivity contribution in [3.05, 3.63) is 43.4 Å². The smallest absolute Gasteiger partial charge is 0.407 e. The SMILES string of the molecule is C#CC#CC#CC#CC#CC#CC#CC#CC#COO/C=C(/N)C1(C)CC(n2c(=O)n(C3CC(C)(C)CC(C)(CNC(=O)OCC)C3)c(=O)n(C3CC(C)(C)CC(C)(CNC(=O)OCC)C3)c2=O)CC(C)(C)C1. The summed E-state index contributed by atoms with van der Waals surface area (Å²) >= 11 is 0. The van der Waals surface area contributed by atoms with Crippen LogP contribution in [-0.4, -0.2) is 52.2 Å². The summed E-state index contributed by atoms with van der Waals surface area (Å²) in [7, 11) is 0. The number of nitrogens with one attached hydrogen (secondary N) is 2. The highest BCUT2D eigenvalue weighted by atomic mass is 17.2. The third-order valence-corrected chi connectivity index (χ3v) is 13.3. The van der Waals surface area contributed by atoms with Crippen LogP contribution in [0.2, 0.25) is 0 Å². The molecule has 3 aliphatic rings. The number of amides is 2. The molecule has 4 rings (SSSR count). The van der Waals surface area contributed by atoms with Gasteiger partial charge in [0.25, 0.3) is 0 Å². The number of hydrogen-bond acceptors (Lipinski definition) is 10. The highest BCUT2D eigenvalue weighted by molar-refractivity contribution is 5.67. The Bertz CT molecular complexity index is 2970. The Morgan fingerprint density at radius 3 is 1.27 bits per heavy atom. The zero-order valence-electron chi connectivity index (χ0n) is 44.2. The van der Waals surface area contributed by atoms with E-state index in [1.807, 2.05) is 20.8 Å². The number of nitrogens with two attached hydrogens (primary N) is 1. The van der Waals surface area contributed by atoms with Crippen LogP contribution in [0, 0.1) is 140 Å². The van der Waals surface area contributed by atoms with Crippen molar-refractivity contribution in [1.82, 2.24) is 24.3 Å². The van der Waals surface area contributed by atoms with Gasteiger partial charge >= 0.3 is 29.3 Å². The molecule has 0 bridgehead atoms. The molecule has 1 aromatic heterocycles. The number of ether oxygens (including phenoxy) is 2. The minimum absolute atomic E-state index is 0.211. The van der Waals surface area contributed by atoms with E-state index in [2.05, 4.69) is 153 Å². The number of carbonyl (C=O) groups is 2. The average Bonchev–Trinajstić information content (AvgIpc) is 3.26. The second kappa shape index (κ2) is 25.0. The van der Waals surface area contributed by atoms with E-state index in [1.54, 1.807) is 13.8 Å². The summed E-state index contributed by atoms with van der Waals surface area (Å²) in [5.41, 5.74) is 1.90. The van der Waals surface area contributed by atoms with Crippen molar-refractivity contribution < 1.29 is 28.8 Å². The Morgan fingerprint density at radius 1 is 0.562 bits per heavy atom. The molecule has 6 unspecified atom stereocenters. The zero-order chi connectivity index (χ0) is 54.1. The van der Waals surface area contributed by atoms with Crippen LogP contribution in [0.25, 0.3) is 0 Å². The minimum atomic E-state index is -0.825. The molecule has 15 heteroatoms. The number of nitrogens with zero attached hydrogens (tertiary/aromatic N) is 3. The average molecular weight is 993 g/mol. The van der Waals surface area contributed by atoms with Gasteiger partial charge in [0.05, 0.1) is 18.9 Å². The van der Waals surface area contributed by atoms with E-state index < -0.39 is 69.0 Å². The topological polar surface area (TPSA) is 187 Å². The van der Waals surface area contributed by atoms with Crippen molar-refractivity contribution >= 4 is 12.2 Å². The summed E-state index contributed by atoms with van der Waals surface area (Å²) in [4.78, 5) is 81.5. The van der Waals surface area contributed by atoms with Crippen molar-refractivity contribution in [2.75, 3.05) is 26.3 Å². The fourth-order valence-corrected chi connectivity index (χ4v) is 11.8. The van der Waals surface area contributed by atoms with Gasteiger partial charge in [0.1, 0.15) is 0 Å². The van der Waals surface area contributed by atoms with Crippen molar-refractivity contribution in [3.63, 3.8) is 0 Å². The molecule has 1 aromatic rings. The summed E-state index contributed by atoms with van der Waals surface area (Å²) in [5.74, 6) is 39.4. The van der Waals surface area contributed by atoms with E-state index in [0.717, 1.165) is 0 Å². The van der Waals surface area contributed by atoms with Gasteiger partial charge < -0.3 is 25.8 Å². The molecule has 384 valence electrons. The largest absolute Gasteiger partial charge is 0.450 e. The highest BCUT2D eigenvalue weighted by Gasteiger charge is 2.49. The summed E-state index contributed by atoms with van der Waals surface area (Å²) < 4.78 is 14.3. The second-order valence-corrected chi connectivity index (χ2v) is 22.4. The maximum atomic E-state index is 15.4.